The largest absolute Gasteiger partial charge is 0.379 e. The first kappa shape index (κ1) is 19.5. The van der Waals surface area contributed by atoms with Crippen LogP contribution >= 0.6 is 0 Å². The standard InChI is InChI=1S/C26H25N3O2/c30-26(23-10-5-4-9-22(23)21-7-2-1-3-8-21)29-15-16-31-19-20(18-29)17-24-25-11-6-13-28(25)14-12-27-24/h1-14,20H,15-19H2/t20-/m1/s1. The maximum absolute atomic E-state index is 13.6. The summed E-state index contributed by atoms with van der Waals surface area (Å²) < 4.78 is 7.96. The van der Waals surface area contributed by atoms with Crippen molar-refractivity contribution >= 4 is 11.4 Å². The Labute approximate surface area is 181 Å². The summed E-state index contributed by atoms with van der Waals surface area (Å²) in [5.41, 5.74) is 4.91. The van der Waals surface area contributed by atoms with Crippen molar-refractivity contribution in [1.29, 1.82) is 0 Å². The van der Waals surface area contributed by atoms with Crippen LogP contribution in [-0.4, -0.2) is 46.5 Å². The van der Waals surface area contributed by atoms with Crippen LogP contribution in [0, 0.1) is 5.92 Å². The van der Waals surface area contributed by atoms with Gasteiger partial charge in [-0.2, -0.15) is 0 Å². The van der Waals surface area contributed by atoms with Gasteiger partial charge in [0.2, 0.25) is 0 Å². The normalized spacial score (nSPS) is 16.9. The molecule has 3 heterocycles. The minimum Gasteiger partial charge on any atom is -0.379 e. The maximum Gasteiger partial charge on any atom is 0.254 e. The molecule has 2 aromatic carbocycles. The van der Waals surface area contributed by atoms with Crippen molar-refractivity contribution in [3.8, 4) is 11.1 Å². The Kier molecular flexibility index (Phi) is 5.50. The molecule has 5 heteroatoms. The molecule has 0 radical (unpaired) electrons. The van der Waals surface area contributed by atoms with Gasteiger partial charge in [-0.1, -0.05) is 48.5 Å². The van der Waals surface area contributed by atoms with Gasteiger partial charge in [0.05, 0.1) is 24.4 Å². The van der Waals surface area contributed by atoms with Gasteiger partial charge >= 0.3 is 0 Å². The van der Waals surface area contributed by atoms with Crippen molar-refractivity contribution in [2.24, 2.45) is 5.92 Å². The lowest BCUT2D eigenvalue weighted by atomic mass is 9.98. The lowest BCUT2D eigenvalue weighted by Gasteiger charge is -2.25. The van der Waals surface area contributed by atoms with Crippen LogP contribution in [-0.2, 0) is 11.2 Å². The molecule has 0 saturated carbocycles. The van der Waals surface area contributed by atoms with Crippen molar-refractivity contribution in [3.05, 3.63) is 96.6 Å². The molecule has 2 aromatic heterocycles. The van der Waals surface area contributed by atoms with Crippen molar-refractivity contribution in [3.63, 3.8) is 0 Å². The molecule has 1 saturated heterocycles. The molecule has 0 unspecified atom stereocenters. The maximum atomic E-state index is 13.6. The second-order valence-electron chi connectivity index (χ2n) is 7.98. The van der Waals surface area contributed by atoms with E-state index in [4.69, 9.17) is 4.74 Å². The Hall–Kier alpha value is -3.44. The van der Waals surface area contributed by atoms with Gasteiger partial charge < -0.3 is 14.0 Å². The molecule has 0 N–H and O–H groups in total. The molecule has 0 aliphatic carbocycles. The Morgan fingerprint density at radius 1 is 1.00 bits per heavy atom. The number of carbonyl (C=O) groups excluding carboxylic acids is 1. The van der Waals surface area contributed by atoms with Gasteiger partial charge in [-0.3, -0.25) is 9.78 Å². The Morgan fingerprint density at radius 2 is 1.84 bits per heavy atom. The van der Waals surface area contributed by atoms with E-state index in [0.29, 0.717) is 26.3 Å². The van der Waals surface area contributed by atoms with E-state index in [0.717, 1.165) is 34.3 Å². The van der Waals surface area contributed by atoms with Gasteiger partial charge in [0, 0.05) is 43.2 Å². The number of benzene rings is 2. The van der Waals surface area contributed by atoms with Gasteiger partial charge in [-0.25, -0.2) is 0 Å². The van der Waals surface area contributed by atoms with Crippen LogP contribution in [0.4, 0.5) is 0 Å². The Morgan fingerprint density at radius 3 is 2.74 bits per heavy atom. The molecular weight excluding hydrogens is 386 g/mol. The second kappa shape index (κ2) is 8.74. The van der Waals surface area contributed by atoms with Gasteiger partial charge in [0.25, 0.3) is 5.91 Å². The van der Waals surface area contributed by atoms with E-state index in [1.54, 1.807) is 0 Å². The topological polar surface area (TPSA) is 46.8 Å². The Bertz CT molecular complexity index is 1190. The van der Waals surface area contributed by atoms with Crippen LogP contribution < -0.4 is 0 Å². The first-order valence-electron chi connectivity index (χ1n) is 10.7. The molecule has 1 fully saturated rings. The lowest BCUT2D eigenvalue weighted by molar-refractivity contribution is 0.0738. The molecule has 1 aliphatic rings. The minimum atomic E-state index is 0.0591. The number of ether oxygens (including phenoxy) is 1. The number of hydrogen-bond acceptors (Lipinski definition) is 3. The highest BCUT2D eigenvalue weighted by Gasteiger charge is 2.26. The number of amides is 1. The number of aromatic nitrogens is 2. The summed E-state index contributed by atoms with van der Waals surface area (Å²) in [5, 5.41) is 0. The summed E-state index contributed by atoms with van der Waals surface area (Å²) in [7, 11) is 0. The average Bonchev–Trinajstić information content (AvgIpc) is 3.19. The third kappa shape index (κ3) is 4.09. The van der Waals surface area contributed by atoms with E-state index in [1.165, 1.54) is 0 Å². The molecule has 5 nitrogen and oxygen atoms in total. The Balaban J connectivity index is 1.39. The van der Waals surface area contributed by atoms with E-state index in [2.05, 4.69) is 15.5 Å². The molecule has 31 heavy (non-hydrogen) atoms. The average molecular weight is 412 g/mol. The fourth-order valence-corrected chi connectivity index (χ4v) is 4.36. The summed E-state index contributed by atoms with van der Waals surface area (Å²) in [4.78, 5) is 20.1. The van der Waals surface area contributed by atoms with Crippen LogP contribution in [0.3, 0.4) is 0 Å². The second-order valence-corrected chi connectivity index (χ2v) is 7.98. The van der Waals surface area contributed by atoms with E-state index in [-0.39, 0.29) is 11.8 Å². The summed E-state index contributed by atoms with van der Waals surface area (Å²) in [6, 6.07) is 22.1. The van der Waals surface area contributed by atoms with Gasteiger partial charge in [-0.05, 0) is 35.7 Å². The third-order valence-corrected chi connectivity index (χ3v) is 5.88. The summed E-state index contributed by atoms with van der Waals surface area (Å²) in [6.07, 6.45) is 6.59. The highest BCUT2D eigenvalue weighted by molar-refractivity contribution is 6.00. The van der Waals surface area contributed by atoms with Crippen molar-refractivity contribution < 1.29 is 9.53 Å². The minimum absolute atomic E-state index is 0.0591. The molecule has 1 amide bonds. The first-order valence-corrected chi connectivity index (χ1v) is 10.7. The molecule has 156 valence electrons. The van der Waals surface area contributed by atoms with E-state index >= 15 is 0 Å². The number of fused-ring (bicyclic) bond motifs is 1. The van der Waals surface area contributed by atoms with Crippen LogP contribution in [0.25, 0.3) is 16.6 Å². The molecule has 4 aromatic rings. The van der Waals surface area contributed by atoms with Crippen molar-refractivity contribution in [2.45, 2.75) is 6.42 Å². The van der Waals surface area contributed by atoms with E-state index in [9.17, 15) is 4.79 Å². The fraction of sp³-hybridized carbons (Fsp3) is 0.231. The summed E-state index contributed by atoms with van der Waals surface area (Å²) in [5.74, 6) is 0.257. The molecular formula is C26H25N3O2. The molecule has 0 bridgehead atoms. The number of hydrogen-bond donors (Lipinski definition) is 0. The van der Waals surface area contributed by atoms with Crippen molar-refractivity contribution in [1.82, 2.24) is 14.3 Å². The zero-order chi connectivity index (χ0) is 21.0. The number of carbonyl (C=O) groups is 1. The predicted molar refractivity (Wildman–Crippen MR) is 121 cm³/mol. The van der Waals surface area contributed by atoms with E-state index < -0.39 is 0 Å². The van der Waals surface area contributed by atoms with Gasteiger partial charge in [0.15, 0.2) is 0 Å². The smallest absolute Gasteiger partial charge is 0.254 e. The zero-order valence-electron chi connectivity index (χ0n) is 17.4. The molecule has 0 spiro atoms. The predicted octanol–water partition coefficient (Wildman–Crippen LogP) is 4.33. The van der Waals surface area contributed by atoms with Gasteiger partial charge in [0.1, 0.15) is 0 Å². The van der Waals surface area contributed by atoms with Crippen molar-refractivity contribution in [2.75, 3.05) is 26.3 Å². The third-order valence-electron chi connectivity index (χ3n) is 5.88. The van der Waals surface area contributed by atoms with Crippen LogP contribution in [0.5, 0.6) is 0 Å². The molecule has 1 aliphatic heterocycles. The number of nitrogens with zero attached hydrogens (tertiary/aromatic N) is 3. The molecule has 5 rings (SSSR count). The highest BCUT2D eigenvalue weighted by Crippen LogP contribution is 2.26. The lowest BCUT2D eigenvalue weighted by Crippen LogP contribution is -2.36. The zero-order valence-corrected chi connectivity index (χ0v) is 17.4. The quantitative estimate of drug-likeness (QED) is 0.502. The number of rotatable bonds is 4. The fourth-order valence-electron chi connectivity index (χ4n) is 4.36. The highest BCUT2D eigenvalue weighted by atomic mass is 16.5. The first-order chi connectivity index (χ1) is 15.3. The van der Waals surface area contributed by atoms with Crippen LogP contribution in [0.2, 0.25) is 0 Å². The van der Waals surface area contributed by atoms with Crippen LogP contribution in [0.15, 0.2) is 85.3 Å². The summed E-state index contributed by atoms with van der Waals surface area (Å²) >= 11 is 0. The van der Waals surface area contributed by atoms with Crippen LogP contribution in [0.1, 0.15) is 16.1 Å². The van der Waals surface area contributed by atoms with Gasteiger partial charge in [-0.15, -0.1) is 0 Å². The molecule has 1 atom stereocenters. The SMILES string of the molecule is O=C(c1ccccc1-c1ccccc1)N1CCOC[C@H](Cc2nccn3cccc23)C1. The monoisotopic (exact) mass is 411 g/mol. The summed E-state index contributed by atoms with van der Waals surface area (Å²) in [6.45, 7) is 2.44. The van der Waals surface area contributed by atoms with E-state index in [1.807, 2.05) is 84.2 Å².